The van der Waals surface area contributed by atoms with Crippen molar-refractivity contribution in [2.45, 2.75) is 11.3 Å². The van der Waals surface area contributed by atoms with E-state index in [2.05, 4.69) is 24.8 Å². The molecule has 3 aromatic rings. The van der Waals surface area contributed by atoms with Crippen LogP contribution in [0.25, 0.3) is 11.0 Å². The van der Waals surface area contributed by atoms with Crippen molar-refractivity contribution in [3.05, 3.63) is 48.5 Å². The maximum atomic E-state index is 11.7. The fourth-order valence-corrected chi connectivity index (χ4v) is 2.45. The third kappa shape index (κ3) is 6.97. The zero-order valence-electron chi connectivity index (χ0n) is 14.6. The van der Waals surface area contributed by atoms with Gasteiger partial charge in [-0.05, 0) is 36.4 Å². The number of aromatic nitrogens is 2. The summed E-state index contributed by atoms with van der Waals surface area (Å²) in [6.07, 6.45) is -5.37. The average Bonchev–Trinajstić information content (AvgIpc) is 3.02. The molecule has 0 atom stereocenters. The number of carbonyl (C=O) groups is 1. The van der Waals surface area contributed by atoms with Gasteiger partial charge in [-0.1, -0.05) is 12.1 Å². The Morgan fingerprint density at radius 3 is 2.28 bits per heavy atom. The Morgan fingerprint density at radius 1 is 1.14 bits per heavy atom. The molecule has 0 spiro atoms. The number of nitrogens with one attached hydrogen (secondary N) is 2. The van der Waals surface area contributed by atoms with Gasteiger partial charge in [0.2, 0.25) is 5.95 Å². The van der Waals surface area contributed by atoms with E-state index in [4.69, 9.17) is 4.55 Å². The van der Waals surface area contributed by atoms with Crippen LogP contribution in [0.3, 0.4) is 0 Å². The minimum absolute atomic E-state index is 0.387. The smallest absolute Gasteiger partial charge is 0.453 e. The van der Waals surface area contributed by atoms with Gasteiger partial charge in [0, 0.05) is 0 Å². The largest absolute Gasteiger partial charge is 0.573 e. The number of benzene rings is 2. The van der Waals surface area contributed by atoms with E-state index in [-0.39, 0.29) is 0 Å². The highest BCUT2D eigenvalue weighted by atomic mass is 32.2. The molecule has 0 radical (unpaired) electrons. The van der Waals surface area contributed by atoms with Crippen molar-refractivity contribution in [3.63, 3.8) is 0 Å². The number of amides is 1. The van der Waals surface area contributed by atoms with Crippen molar-refractivity contribution in [1.82, 2.24) is 9.97 Å². The van der Waals surface area contributed by atoms with E-state index in [0.717, 1.165) is 35.3 Å². The summed E-state index contributed by atoms with van der Waals surface area (Å²) in [4.78, 5) is 17.4. The first-order chi connectivity index (χ1) is 13.5. The van der Waals surface area contributed by atoms with Crippen LogP contribution >= 0.6 is 0 Å². The second kappa shape index (κ2) is 8.79. The molecule has 0 saturated carbocycles. The highest BCUT2D eigenvalue weighted by molar-refractivity contribution is 7.85. The maximum Gasteiger partial charge on any atom is 0.573 e. The number of rotatable bonds is 3. The molecule has 2 aromatic carbocycles. The van der Waals surface area contributed by atoms with E-state index in [1.165, 1.54) is 7.11 Å². The zero-order valence-corrected chi connectivity index (χ0v) is 15.4. The molecule has 3 rings (SSSR count). The molecule has 0 aliphatic heterocycles. The molecule has 0 bridgehead atoms. The lowest BCUT2D eigenvalue weighted by Crippen LogP contribution is -2.17. The number of nitrogens with zero attached hydrogens (tertiary/aromatic N) is 1. The van der Waals surface area contributed by atoms with Crippen LogP contribution in [0.5, 0.6) is 5.75 Å². The fraction of sp³-hybridized carbons (Fsp3) is 0.125. The van der Waals surface area contributed by atoms with E-state index in [1.54, 1.807) is 0 Å². The number of carbonyl (C=O) groups excluding carboxylic acids is 1. The van der Waals surface area contributed by atoms with Gasteiger partial charge in [0.15, 0.2) is 0 Å². The summed E-state index contributed by atoms with van der Waals surface area (Å²) in [6, 6.07) is 10.7. The van der Waals surface area contributed by atoms with E-state index >= 15 is 0 Å². The molecule has 0 fully saturated rings. The first-order valence-electron chi connectivity index (χ1n) is 7.61. The van der Waals surface area contributed by atoms with Gasteiger partial charge in [-0.15, -0.1) is 13.2 Å². The van der Waals surface area contributed by atoms with Gasteiger partial charge in [0.25, 0.3) is 10.1 Å². The summed E-state index contributed by atoms with van der Waals surface area (Å²) in [5.41, 5.74) is 1.68. The number of fused-ring (bicyclic) bond motifs is 1. The molecule has 13 heteroatoms. The molecule has 1 amide bonds. The first kappa shape index (κ1) is 22.0. The average molecular weight is 433 g/mol. The van der Waals surface area contributed by atoms with Crippen LogP contribution in [-0.2, 0) is 14.9 Å². The number of hydrogen-bond donors (Lipinski definition) is 3. The standard InChI is InChI=1S/C9H9N3O2.C7H5F3O4S/c1-14-9(13)12-8-10-6-4-2-3-5-7(6)11-8;8-7(9,10)14-5-1-3-6(4-2-5)15(11,12)13/h2-5H,1H3,(H2,10,11,12,13);1-4H,(H,11,12,13). The number of imidazole rings is 1. The van der Waals surface area contributed by atoms with Gasteiger partial charge in [-0.2, -0.15) is 8.42 Å². The number of H-pyrrole nitrogens is 1. The molecule has 0 aliphatic carbocycles. The predicted molar refractivity (Wildman–Crippen MR) is 95.1 cm³/mol. The zero-order chi connectivity index (χ0) is 21.7. The number of halogens is 3. The van der Waals surface area contributed by atoms with Gasteiger partial charge in [-0.25, -0.2) is 9.78 Å². The van der Waals surface area contributed by atoms with Crippen LogP contribution in [0.15, 0.2) is 53.4 Å². The Balaban J connectivity index is 0.000000207. The highest BCUT2D eigenvalue weighted by Crippen LogP contribution is 2.23. The molecule has 0 unspecified atom stereocenters. The van der Waals surface area contributed by atoms with Crippen LogP contribution in [0.2, 0.25) is 0 Å². The highest BCUT2D eigenvalue weighted by Gasteiger charge is 2.31. The lowest BCUT2D eigenvalue weighted by Gasteiger charge is -2.08. The summed E-state index contributed by atoms with van der Waals surface area (Å²) in [5, 5.41) is 2.45. The van der Waals surface area contributed by atoms with Crippen LogP contribution < -0.4 is 10.1 Å². The molecular weight excluding hydrogens is 419 g/mol. The number of methoxy groups -OCH3 is 1. The molecule has 9 nitrogen and oxygen atoms in total. The molecule has 0 saturated heterocycles. The Morgan fingerprint density at radius 2 is 1.76 bits per heavy atom. The second-order valence-electron chi connectivity index (χ2n) is 5.21. The summed E-state index contributed by atoms with van der Waals surface area (Å²) >= 11 is 0. The van der Waals surface area contributed by atoms with Gasteiger partial charge >= 0.3 is 12.5 Å². The third-order valence-electron chi connectivity index (χ3n) is 3.15. The topological polar surface area (TPSA) is 131 Å². The molecule has 29 heavy (non-hydrogen) atoms. The van der Waals surface area contributed by atoms with Gasteiger partial charge in [0.1, 0.15) is 5.75 Å². The molecule has 156 valence electrons. The number of anilines is 1. The number of alkyl halides is 3. The van der Waals surface area contributed by atoms with Crippen LogP contribution in [0, 0.1) is 0 Å². The van der Waals surface area contributed by atoms with E-state index < -0.39 is 33.2 Å². The summed E-state index contributed by atoms with van der Waals surface area (Å²) < 4.78 is 72.6. The number of ether oxygens (including phenoxy) is 2. The van der Waals surface area contributed by atoms with E-state index in [0.29, 0.717) is 5.95 Å². The van der Waals surface area contributed by atoms with Crippen molar-refractivity contribution in [2.75, 3.05) is 12.4 Å². The fourth-order valence-electron chi connectivity index (χ4n) is 1.97. The normalized spacial score (nSPS) is 11.3. The van der Waals surface area contributed by atoms with Crippen LogP contribution in [0.4, 0.5) is 23.9 Å². The SMILES string of the molecule is COC(=O)Nc1nc2ccccc2[nH]1.O=S(=O)(O)c1ccc(OC(F)(F)F)cc1. The minimum Gasteiger partial charge on any atom is -0.453 e. The monoisotopic (exact) mass is 433 g/mol. The first-order valence-corrected chi connectivity index (χ1v) is 9.05. The van der Waals surface area contributed by atoms with Crippen molar-refractivity contribution >= 4 is 33.2 Å². The maximum absolute atomic E-state index is 11.7. The number of aromatic amines is 1. The number of para-hydroxylation sites is 2. The van der Waals surface area contributed by atoms with Crippen LogP contribution in [0.1, 0.15) is 0 Å². The molecule has 1 aromatic heterocycles. The predicted octanol–water partition coefficient (Wildman–Crippen LogP) is 3.57. The Kier molecular flexibility index (Phi) is 6.66. The second-order valence-corrected chi connectivity index (χ2v) is 6.63. The summed E-state index contributed by atoms with van der Waals surface area (Å²) in [5.74, 6) is -0.173. The van der Waals surface area contributed by atoms with E-state index in [9.17, 15) is 26.4 Å². The quantitative estimate of drug-likeness (QED) is 0.538. The lowest BCUT2D eigenvalue weighted by molar-refractivity contribution is -0.274. The summed E-state index contributed by atoms with van der Waals surface area (Å²) in [7, 11) is -3.10. The minimum atomic E-state index is -4.83. The van der Waals surface area contributed by atoms with Gasteiger partial charge < -0.3 is 14.5 Å². The van der Waals surface area contributed by atoms with Crippen molar-refractivity contribution in [1.29, 1.82) is 0 Å². The summed E-state index contributed by atoms with van der Waals surface area (Å²) in [6.45, 7) is 0. The Bertz CT molecular complexity index is 1050. The van der Waals surface area contributed by atoms with E-state index in [1.807, 2.05) is 24.3 Å². The lowest BCUT2D eigenvalue weighted by atomic mass is 10.3. The third-order valence-corrected chi connectivity index (χ3v) is 4.02. The van der Waals surface area contributed by atoms with Crippen molar-refractivity contribution in [3.8, 4) is 5.75 Å². The molecular formula is C16H14F3N3O6S. The van der Waals surface area contributed by atoms with Gasteiger partial charge in [0.05, 0.1) is 23.0 Å². The van der Waals surface area contributed by atoms with Crippen molar-refractivity contribution < 1.29 is 40.4 Å². The number of hydrogen-bond acceptors (Lipinski definition) is 6. The molecule has 0 aliphatic rings. The van der Waals surface area contributed by atoms with Crippen molar-refractivity contribution in [2.24, 2.45) is 0 Å². The molecule has 1 heterocycles. The Labute approximate surface area is 162 Å². The van der Waals surface area contributed by atoms with Gasteiger partial charge in [-0.3, -0.25) is 9.87 Å². The van der Waals surface area contributed by atoms with Crippen LogP contribution in [-0.4, -0.2) is 42.5 Å². The molecule has 3 N–H and O–H groups in total. The Hall–Kier alpha value is -3.32.